The van der Waals surface area contributed by atoms with E-state index >= 15 is 0 Å². The van der Waals surface area contributed by atoms with E-state index in [1.54, 1.807) is 0 Å². The van der Waals surface area contributed by atoms with Gasteiger partial charge in [-0.2, -0.15) is 4.99 Å². The molecule has 20 heavy (non-hydrogen) atoms. The highest BCUT2D eigenvalue weighted by Crippen LogP contribution is 2.32. The Hall–Kier alpha value is -1.18. The van der Waals surface area contributed by atoms with Gasteiger partial charge < -0.3 is 4.74 Å². The van der Waals surface area contributed by atoms with Gasteiger partial charge in [0.25, 0.3) is 0 Å². The summed E-state index contributed by atoms with van der Waals surface area (Å²) < 4.78 is 5.78. The van der Waals surface area contributed by atoms with Crippen molar-refractivity contribution >= 4 is 23.1 Å². The van der Waals surface area contributed by atoms with Gasteiger partial charge in [-0.25, -0.2) is 0 Å². The van der Waals surface area contributed by atoms with E-state index < -0.39 is 0 Å². The van der Waals surface area contributed by atoms with Crippen molar-refractivity contribution in [3.63, 3.8) is 0 Å². The predicted octanol–water partition coefficient (Wildman–Crippen LogP) is 5.41. The van der Waals surface area contributed by atoms with Crippen LogP contribution in [0.4, 0.5) is 5.69 Å². The molecule has 1 aromatic rings. The van der Waals surface area contributed by atoms with E-state index in [0.717, 1.165) is 36.3 Å². The molecule has 2 unspecified atom stereocenters. The molecule has 2 nitrogen and oxygen atoms in total. The highest BCUT2D eigenvalue weighted by molar-refractivity contribution is 7.78. The fraction of sp³-hybridized carbons (Fsp3) is 0.588. The lowest BCUT2D eigenvalue weighted by molar-refractivity contribution is 0.217. The molecule has 0 bridgehead atoms. The standard InChI is InChI=1S/C17H23NOS/c1-14-5-2-3-6-15(14)7-4-12-19-17-10-8-16(9-11-17)18-13-20/h8-11,14-15H,2-7,12H2,1H3. The minimum atomic E-state index is 0.805. The Labute approximate surface area is 127 Å². The average Bonchev–Trinajstić information content (AvgIpc) is 2.47. The molecule has 1 saturated carbocycles. The topological polar surface area (TPSA) is 21.6 Å². The molecule has 2 atom stereocenters. The summed E-state index contributed by atoms with van der Waals surface area (Å²) in [5.41, 5.74) is 0.823. The monoisotopic (exact) mass is 289 g/mol. The number of hydrogen-bond acceptors (Lipinski definition) is 3. The maximum Gasteiger partial charge on any atom is 0.119 e. The molecule has 108 valence electrons. The van der Waals surface area contributed by atoms with Crippen LogP contribution in [0.5, 0.6) is 5.75 Å². The van der Waals surface area contributed by atoms with Gasteiger partial charge in [0, 0.05) is 0 Å². The second-order valence-electron chi connectivity index (χ2n) is 5.71. The van der Waals surface area contributed by atoms with Gasteiger partial charge in [0.1, 0.15) is 5.75 Å². The number of thiocarbonyl (C=S) groups is 1. The lowest BCUT2D eigenvalue weighted by Gasteiger charge is -2.28. The molecule has 1 aromatic carbocycles. The molecule has 0 saturated heterocycles. The highest BCUT2D eigenvalue weighted by atomic mass is 32.1. The van der Waals surface area contributed by atoms with Crippen LogP contribution in [0.25, 0.3) is 0 Å². The van der Waals surface area contributed by atoms with Crippen molar-refractivity contribution < 1.29 is 4.74 Å². The molecule has 1 aliphatic rings. The fourth-order valence-corrected chi connectivity index (χ4v) is 3.13. The van der Waals surface area contributed by atoms with Crippen molar-refractivity contribution in [1.29, 1.82) is 0 Å². The van der Waals surface area contributed by atoms with Crippen LogP contribution in [0.2, 0.25) is 0 Å². The molecular formula is C17H23NOS. The Morgan fingerprint density at radius 1 is 1.25 bits per heavy atom. The second kappa shape index (κ2) is 8.18. The van der Waals surface area contributed by atoms with Crippen LogP contribution < -0.4 is 4.74 Å². The summed E-state index contributed by atoms with van der Waals surface area (Å²) in [6, 6.07) is 7.68. The predicted molar refractivity (Wildman–Crippen MR) is 87.0 cm³/mol. The Morgan fingerprint density at radius 3 is 2.70 bits per heavy atom. The van der Waals surface area contributed by atoms with Gasteiger partial charge in [-0.05, 0) is 61.2 Å². The zero-order valence-electron chi connectivity index (χ0n) is 12.2. The fourth-order valence-electron chi connectivity index (χ4n) is 3.03. The van der Waals surface area contributed by atoms with E-state index in [2.05, 4.69) is 29.3 Å². The van der Waals surface area contributed by atoms with Crippen LogP contribution in [0, 0.1) is 11.8 Å². The lowest BCUT2D eigenvalue weighted by Crippen LogP contribution is -2.17. The number of hydrogen-bond donors (Lipinski definition) is 0. The largest absolute Gasteiger partial charge is 0.494 e. The number of benzene rings is 1. The molecular weight excluding hydrogens is 266 g/mol. The van der Waals surface area contributed by atoms with Crippen LogP contribution in [0.1, 0.15) is 45.4 Å². The first-order valence-corrected chi connectivity index (χ1v) is 8.01. The first-order valence-electron chi connectivity index (χ1n) is 7.60. The third-order valence-corrected chi connectivity index (χ3v) is 4.38. The lowest BCUT2D eigenvalue weighted by atomic mass is 9.78. The smallest absolute Gasteiger partial charge is 0.119 e. The number of ether oxygens (including phenoxy) is 1. The quantitative estimate of drug-likeness (QED) is 0.397. The van der Waals surface area contributed by atoms with Gasteiger partial charge in [-0.1, -0.05) is 32.6 Å². The van der Waals surface area contributed by atoms with Crippen molar-refractivity contribution in [2.75, 3.05) is 6.61 Å². The Balaban J connectivity index is 1.68. The molecule has 0 aromatic heterocycles. The summed E-state index contributed by atoms with van der Waals surface area (Å²) in [6.07, 6.45) is 8.10. The van der Waals surface area contributed by atoms with E-state index in [1.165, 1.54) is 32.1 Å². The first-order chi connectivity index (χ1) is 9.79. The van der Waals surface area contributed by atoms with E-state index in [1.807, 2.05) is 24.3 Å². The summed E-state index contributed by atoms with van der Waals surface area (Å²) in [5, 5.41) is 2.36. The molecule has 1 aliphatic carbocycles. The van der Waals surface area contributed by atoms with Crippen LogP contribution in [-0.2, 0) is 0 Å². The third-order valence-electron chi connectivity index (χ3n) is 4.29. The molecule has 0 N–H and O–H groups in total. The number of aliphatic imine (C=N–C) groups is 1. The van der Waals surface area contributed by atoms with Crippen molar-refractivity contribution in [1.82, 2.24) is 0 Å². The molecule has 0 heterocycles. The zero-order valence-corrected chi connectivity index (χ0v) is 13.0. The van der Waals surface area contributed by atoms with Crippen LogP contribution in [0.15, 0.2) is 29.3 Å². The Bertz CT molecular complexity index is 451. The van der Waals surface area contributed by atoms with Gasteiger partial charge >= 0.3 is 0 Å². The highest BCUT2D eigenvalue weighted by Gasteiger charge is 2.20. The summed E-state index contributed by atoms with van der Waals surface area (Å²) in [7, 11) is 0. The average molecular weight is 289 g/mol. The minimum Gasteiger partial charge on any atom is -0.494 e. The molecule has 3 heteroatoms. The Morgan fingerprint density at radius 2 is 2.00 bits per heavy atom. The maximum atomic E-state index is 5.78. The molecule has 1 fully saturated rings. The number of isothiocyanates is 1. The summed E-state index contributed by atoms with van der Waals surface area (Å²) >= 11 is 4.58. The molecule has 0 amide bonds. The maximum absolute atomic E-state index is 5.78. The molecule has 0 aliphatic heterocycles. The van der Waals surface area contributed by atoms with E-state index in [4.69, 9.17) is 4.74 Å². The zero-order chi connectivity index (χ0) is 14.2. The number of nitrogens with zero attached hydrogens (tertiary/aromatic N) is 1. The van der Waals surface area contributed by atoms with Gasteiger partial charge in [0.15, 0.2) is 0 Å². The second-order valence-corrected chi connectivity index (χ2v) is 5.89. The minimum absolute atomic E-state index is 0.805. The summed E-state index contributed by atoms with van der Waals surface area (Å²) in [4.78, 5) is 3.92. The van der Waals surface area contributed by atoms with Crippen molar-refractivity contribution in [3.05, 3.63) is 24.3 Å². The van der Waals surface area contributed by atoms with E-state index in [9.17, 15) is 0 Å². The normalized spacial score (nSPS) is 22.1. The van der Waals surface area contributed by atoms with E-state index in [0.29, 0.717) is 0 Å². The first kappa shape index (κ1) is 15.2. The van der Waals surface area contributed by atoms with Crippen LogP contribution >= 0.6 is 12.2 Å². The molecule has 0 spiro atoms. The molecule has 0 radical (unpaired) electrons. The third kappa shape index (κ3) is 4.73. The summed E-state index contributed by atoms with van der Waals surface area (Å²) in [6.45, 7) is 3.21. The molecule has 2 rings (SSSR count). The van der Waals surface area contributed by atoms with Gasteiger partial charge in [-0.15, -0.1) is 0 Å². The van der Waals surface area contributed by atoms with Gasteiger partial charge in [0.2, 0.25) is 0 Å². The van der Waals surface area contributed by atoms with Crippen molar-refractivity contribution in [2.45, 2.75) is 45.4 Å². The SMILES string of the molecule is CC1CCCCC1CCCOc1ccc(N=C=S)cc1. The van der Waals surface area contributed by atoms with Crippen LogP contribution in [0.3, 0.4) is 0 Å². The van der Waals surface area contributed by atoms with Gasteiger partial charge in [-0.3, -0.25) is 0 Å². The van der Waals surface area contributed by atoms with Gasteiger partial charge in [0.05, 0.1) is 17.5 Å². The Kier molecular flexibility index (Phi) is 6.23. The summed E-state index contributed by atoms with van der Waals surface area (Å²) in [5.74, 6) is 2.72. The van der Waals surface area contributed by atoms with Crippen molar-refractivity contribution in [3.8, 4) is 5.75 Å². The van der Waals surface area contributed by atoms with Crippen molar-refractivity contribution in [2.24, 2.45) is 16.8 Å². The number of rotatable bonds is 6. The van der Waals surface area contributed by atoms with Crippen LogP contribution in [-0.4, -0.2) is 11.8 Å². The van der Waals surface area contributed by atoms with E-state index in [-0.39, 0.29) is 0 Å².